The minimum Gasteiger partial charge on any atom is -0.379 e. The average molecular weight is 190 g/mol. The molecule has 0 aromatic heterocycles. The number of nitrogens with one attached hydrogen (secondary N) is 1. The highest BCUT2D eigenvalue weighted by atomic mass is 19.1. The fraction of sp³-hybridized carbons (Fsp3) is 0.182. The zero-order valence-electron chi connectivity index (χ0n) is 7.97. The molecule has 3 heteroatoms. The topological polar surface area (TPSA) is 35.8 Å². The Morgan fingerprint density at radius 2 is 2.36 bits per heavy atom. The Bertz CT molecular complexity index is 391. The van der Waals surface area contributed by atoms with Crippen LogP contribution < -0.4 is 5.32 Å². The van der Waals surface area contributed by atoms with Crippen LogP contribution in [0.1, 0.15) is 12.5 Å². The highest BCUT2D eigenvalue weighted by Gasteiger charge is 2.02. The Labute approximate surface area is 82.7 Å². The van der Waals surface area contributed by atoms with Crippen LogP contribution in [0.2, 0.25) is 0 Å². The summed E-state index contributed by atoms with van der Waals surface area (Å²) in [5.41, 5.74) is 1.64. The minimum absolute atomic E-state index is 0.323. The van der Waals surface area contributed by atoms with Crippen LogP contribution in [0.25, 0.3) is 0 Å². The van der Waals surface area contributed by atoms with Crippen molar-refractivity contribution in [2.24, 2.45) is 0 Å². The van der Waals surface area contributed by atoms with Gasteiger partial charge in [-0.2, -0.15) is 5.26 Å². The standard InChI is InChI=1S/C11H11FN2/c1-8(2)7-14-11-4-3-9(6-13)5-10(11)12/h3-5,14H,1,7H2,2H3. The maximum atomic E-state index is 13.2. The number of hydrogen-bond donors (Lipinski definition) is 1. The molecule has 0 aliphatic heterocycles. The first kappa shape index (κ1) is 10.3. The first-order chi connectivity index (χ1) is 6.63. The highest BCUT2D eigenvalue weighted by Crippen LogP contribution is 2.15. The van der Waals surface area contributed by atoms with Gasteiger partial charge in [-0.1, -0.05) is 12.2 Å². The first-order valence-electron chi connectivity index (χ1n) is 4.21. The first-order valence-corrected chi connectivity index (χ1v) is 4.21. The molecule has 72 valence electrons. The van der Waals surface area contributed by atoms with Gasteiger partial charge in [-0.05, 0) is 25.1 Å². The van der Waals surface area contributed by atoms with Crippen molar-refractivity contribution < 1.29 is 4.39 Å². The number of hydrogen-bond acceptors (Lipinski definition) is 2. The molecule has 1 rings (SSSR count). The van der Waals surface area contributed by atoms with E-state index in [2.05, 4.69) is 11.9 Å². The van der Waals surface area contributed by atoms with Crippen molar-refractivity contribution in [3.63, 3.8) is 0 Å². The quantitative estimate of drug-likeness (QED) is 0.744. The minimum atomic E-state index is -0.412. The van der Waals surface area contributed by atoms with Crippen LogP contribution in [0, 0.1) is 17.1 Å². The molecule has 0 aliphatic carbocycles. The van der Waals surface area contributed by atoms with E-state index in [0.29, 0.717) is 17.8 Å². The molecular formula is C11H11FN2. The third-order valence-electron chi connectivity index (χ3n) is 1.68. The molecule has 2 nitrogen and oxygen atoms in total. The van der Waals surface area contributed by atoms with E-state index >= 15 is 0 Å². The van der Waals surface area contributed by atoms with E-state index in [0.717, 1.165) is 5.57 Å². The van der Waals surface area contributed by atoms with Crippen molar-refractivity contribution in [1.82, 2.24) is 0 Å². The number of nitrogens with zero attached hydrogens (tertiary/aromatic N) is 1. The lowest BCUT2D eigenvalue weighted by Crippen LogP contribution is -2.03. The lowest BCUT2D eigenvalue weighted by Gasteiger charge is -2.06. The molecule has 0 atom stereocenters. The molecular weight excluding hydrogens is 179 g/mol. The van der Waals surface area contributed by atoms with Crippen LogP contribution >= 0.6 is 0 Å². The Balaban J connectivity index is 2.80. The SMILES string of the molecule is C=C(C)CNc1ccc(C#N)cc1F. The Kier molecular flexibility index (Phi) is 3.24. The third-order valence-corrected chi connectivity index (χ3v) is 1.68. The molecule has 1 aromatic carbocycles. The normalized spacial score (nSPS) is 9.21. The van der Waals surface area contributed by atoms with Gasteiger partial charge in [0.25, 0.3) is 0 Å². The summed E-state index contributed by atoms with van der Waals surface area (Å²) < 4.78 is 13.2. The van der Waals surface area contributed by atoms with E-state index in [4.69, 9.17) is 5.26 Å². The van der Waals surface area contributed by atoms with Crippen LogP contribution in [0.5, 0.6) is 0 Å². The smallest absolute Gasteiger partial charge is 0.147 e. The number of anilines is 1. The predicted octanol–water partition coefficient (Wildman–Crippen LogP) is 2.69. The molecule has 1 N–H and O–H groups in total. The second-order valence-electron chi connectivity index (χ2n) is 3.12. The summed E-state index contributed by atoms with van der Waals surface area (Å²) in [6.45, 7) is 6.08. The van der Waals surface area contributed by atoms with Gasteiger partial charge in [0.2, 0.25) is 0 Å². The fourth-order valence-corrected chi connectivity index (χ4v) is 0.974. The van der Waals surface area contributed by atoms with Gasteiger partial charge in [0.05, 0.1) is 17.3 Å². The molecule has 1 aromatic rings. The average Bonchev–Trinajstić information content (AvgIpc) is 2.15. The van der Waals surface area contributed by atoms with E-state index in [-0.39, 0.29) is 0 Å². The predicted molar refractivity (Wildman–Crippen MR) is 54.4 cm³/mol. The second-order valence-corrected chi connectivity index (χ2v) is 3.12. The van der Waals surface area contributed by atoms with E-state index in [1.807, 2.05) is 13.0 Å². The van der Waals surface area contributed by atoms with E-state index in [9.17, 15) is 4.39 Å². The molecule has 0 unspecified atom stereocenters. The third kappa shape index (κ3) is 2.60. The van der Waals surface area contributed by atoms with Crippen LogP contribution in [0.15, 0.2) is 30.4 Å². The van der Waals surface area contributed by atoms with E-state index in [1.54, 1.807) is 12.1 Å². The molecule has 0 aliphatic rings. The van der Waals surface area contributed by atoms with Gasteiger partial charge in [-0.25, -0.2) is 4.39 Å². The van der Waals surface area contributed by atoms with Crippen molar-refractivity contribution in [2.45, 2.75) is 6.92 Å². The van der Waals surface area contributed by atoms with Gasteiger partial charge in [0, 0.05) is 6.54 Å². The zero-order chi connectivity index (χ0) is 10.6. The zero-order valence-corrected chi connectivity index (χ0v) is 7.97. The van der Waals surface area contributed by atoms with Gasteiger partial charge in [0.15, 0.2) is 0 Å². The largest absolute Gasteiger partial charge is 0.379 e. The van der Waals surface area contributed by atoms with Crippen molar-refractivity contribution in [1.29, 1.82) is 5.26 Å². The molecule has 0 spiro atoms. The van der Waals surface area contributed by atoms with Gasteiger partial charge >= 0.3 is 0 Å². The van der Waals surface area contributed by atoms with Crippen molar-refractivity contribution in [2.75, 3.05) is 11.9 Å². The van der Waals surface area contributed by atoms with Crippen LogP contribution in [-0.2, 0) is 0 Å². The van der Waals surface area contributed by atoms with E-state index in [1.165, 1.54) is 6.07 Å². The van der Waals surface area contributed by atoms with Crippen LogP contribution in [-0.4, -0.2) is 6.54 Å². The summed E-state index contributed by atoms with van der Waals surface area (Å²) in [5, 5.41) is 11.4. The number of benzene rings is 1. The summed E-state index contributed by atoms with van der Waals surface area (Å²) in [7, 11) is 0. The van der Waals surface area contributed by atoms with Gasteiger partial charge in [-0.15, -0.1) is 0 Å². The summed E-state index contributed by atoms with van der Waals surface area (Å²) in [6.07, 6.45) is 0. The molecule has 0 heterocycles. The van der Waals surface area contributed by atoms with Gasteiger partial charge in [0.1, 0.15) is 5.82 Å². The second kappa shape index (κ2) is 4.43. The van der Waals surface area contributed by atoms with Gasteiger partial charge < -0.3 is 5.32 Å². The molecule has 0 saturated heterocycles. The number of rotatable bonds is 3. The molecule has 0 fully saturated rings. The summed E-state index contributed by atoms with van der Waals surface area (Å²) in [4.78, 5) is 0. The molecule has 0 radical (unpaired) electrons. The summed E-state index contributed by atoms with van der Waals surface area (Å²) in [6, 6.07) is 6.21. The Morgan fingerprint density at radius 1 is 1.64 bits per heavy atom. The lowest BCUT2D eigenvalue weighted by atomic mass is 10.2. The van der Waals surface area contributed by atoms with Crippen LogP contribution in [0.3, 0.4) is 0 Å². The fourth-order valence-electron chi connectivity index (χ4n) is 0.974. The maximum Gasteiger partial charge on any atom is 0.147 e. The Hall–Kier alpha value is -1.82. The highest BCUT2D eigenvalue weighted by molar-refractivity contribution is 5.49. The summed E-state index contributed by atoms with van der Waals surface area (Å²) >= 11 is 0. The van der Waals surface area contributed by atoms with E-state index < -0.39 is 5.82 Å². The van der Waals surface area contributed by atoms with Crippen molar-refractivity contribution in [3.8, 4) is 6.07 Å². The lowest BCUT2D eigenvalue weighted by molar-refractivity contribution is 0.630. The molecule has 0 amide bonds. The molecule has 0 saturated carbocycles. The summed E-state index contributed by atoms with van der Waals surface area (Å²) in [5.74, 6) is -0.412. The van der Waals surface area contributed by atoms with Crippen molar-refractivity contribution in [3.05, 3.63) is 41.7 Å². The number of nitriles is 1. The molecule has 14 heavy (non-hydrogen) atoms. The number of halogens is 1. The van der Waals surface area contributed by atoms with Crippen LogP contribution in [0.4, 0.5) is 10.1 Å². The monoisotopic (exact) mass is 190 g/mol. The van der Waals surface area contributed by atoms with Crippen molar-refractivity contribution >= 4 is 5.69 Å². The van der Waals surface area contributed by atoms with Gasteiger partial charge in [-0.3, -0.25) is 0 Å². The molecule has 0 bridgehead atoms. The maximum absolute atomic E-state index is 13.2. The Morgan fingerprint density at radius 3 is 2.86 bits per heavy atom.